The second-order valence-electron chi connectivity index (χ2n) is 14.6. The van der Waals surface area contributed by atoms with Crippen molar-refractivity contribution in [1.82, 2.24) is 0 Å². The molecule has 0 aromatic carbocycles. The van der Waals surface area contributed by atoms with E-state index in [4.69, 9.17) is 0 Å². The predicted molar refractivity (Wildman–Crippen MR) is 196 cm³/mol. The quantitative estimate of drug-likeness (QED) is 0.0330. The third kappa shape index (κ3) is 28.9. The number of allylic oxidation sites excluding steroid dienone is 2. The van der Waals surface area contributed by atoms with Gasteiger partial charge in [-0.15, -0.1) is 0 Å². The summed E-state index contributed by atoms with van der Waals surface area (Å²) in [5.74, 6) is -0.121. The summed E-state index contributed by atoms with van der Waals surface area (Å²) in [6.07, 6.45) is 38.1. The normalized spacial score (nSPS) is 13.8. The van der Waals surface area contributed by atoms with E-state index in [1.807, 2.05) is 21.1 Å². The van der Waals surface area contributed by atoms with E-state index in [-0.39, 0.29) is 19.9 Å². The highest BCUT2D eigenvalue weighted by Gasteiger charge is 2.42. The highest BCUT2D eigenvalue weighted by Crippen LogP contribution is 2.36. The minimum Gasteiger partial charge on any atom is -0.373 e. The molecular formula is C39H77NO3P+. The van der Waals surface area contributed by atoms with Crippen LogP contribution in [0.4, 0.5) is 0 Å². The number of aliphatic hydroxyl groups is 1. The lowest BCUT2D eigenvalue weighted by Crippen LogP contribution is -2.51. The van der Waals surface area contributed by atoms with Crippen LogP contribution in [0.1, 0.15) is 194 Å². The molecule has 0 bridgehead atoms. The lowest BCUT2D eigenvalue weighted by molar-refractivity contribution is -0.873. The number of quaternary nitrogens is 1. The fourth-order valence-corrected chi connectivity index (χ4v) is 7.62. The van der Waals surface area contributed by atoms with Crippen LogP contribution in [0, 0.1) is 0 Å². The van der Waals surface area contributed by atoms with Gasteiger partial charge in [-0.25, -0.2) is 0 Å². The SMILES string of the molecule is CCCCCCCC/C=C\CCCCCCCC(=O)PC(O)(C[N+](C)(C)C)C(=O)CCCCCCCCCCCCCCC. The number of hydrogen-bond donors (Lipinski definition) is 1. The molecule has 0 amide bonds. The topological polar surface area (TPSA) is 54.4 Å². The van der Waals surface area contributed by atoms with E-state index in [1.165, 1.54) is 122 Å². The molecule has 0 spiro atoms. The van der Waals surface area contributed by atoms with Crippen molar-refractivity contribution in [2.75, 3.05) is 27.7 Å². The number of unbranched alkanes of at least 4 members (excludes halogenated alkanes) is 23. The van der Waals surface area contributed by atoms with E-state index in [0.29, 0.717) is 23.9 Å². The Hall–Kier alpha value is -0.570. The molecular weight excluding hydrogens is 561 g/mol. The minimum atomic E-state index is -1.51. The molecule has 2 unspecified atom stereocenters. The molecule has 0 aliphatic heterocycles. The molecule has 260 valence electrons. The number of nitrogens with zero attached hydrogens (tertiary/aromatic N) is 1. The van der Waals surface area contributed by atoms with E-state index < -0.39 is 5.34 Å². The van der Waals surface area contributed by atoms with Gasteiger partial charge < -0.3 is 9.59 Å². The van der Waals surface area contributed by atoms with Crippen LogP contribution in [0.15, 0.2) is 12.2 Å². The van der Waals surface area contributed by atoms with Crippen LogP contribution >= 0.6 is 8.58 Å². The molecule has 1 N–H and O–H groups in total. The molecule has 0 fully saturated rings. The molecule has 0 saturated carbocycles. The van der Waals surface area contributed by atoms with Gasteiger partial charge in [0, 0.05) is 12.8 Å². The smallest absolute Gasteiger partial charge is 0.194 e. The molecule has 0 aromatic rings. The monoisotopic (exact) mass is 639 g/mol. The fourth-order valence-electron chi connectivity index (χ4n) is 6.04. The number of ketones is 1. The summed E-state index contributed by atoms with van der Waals surface area (Å²) in [5.41, 5.74) is 0.0669. The Morgan fingerprint density at radius 1 is 0.545 bits per heavy atom. The van der Waals surface area contributed by atoms with Crippen molar-refractivity contribution in [2.24, 2.45) is 0 Å². The Morgan fingerprint density at radius 3 is 1.27 bits per heavy atom. The standard InChI is InChI=1S/C39H77NO3P/c1-6-8-10-12-14-16-18-20-21-23-25-27-29-31-33-35-38(42)44-39(43,36-40(3,4)5)37(41)34-32-30-28-26-24-22-19-17-15-13-11-9-7-2/h20-21,43-44H,6-19,22-36H2,1-5H3/q+1/b21-20-. The van der Waals surface area contributed by atoms with Crippen LogP contribution in [0.25, 0.3) is 0 Å². The molecule has 44 heavy (non-hydrogen) atoms. The molecule has 5 heteroatoms. The summed E-state index contributed by atoms with van der Waals surface area (Å²) in [5, 5.41) is 9.92. The predicted octanol–water partition coefficient (Wildman–Crippen LogP) is 11.7. The first-order valence-corrected chi connectivity index (χ1v) is 20.2. The molecule has 0 radical (unpaired) electrons. The van der Waals surface area contributed by atoms with Gasteiger partial charge in [0.2, 0.25) is 0 Å². The van der Waals surface area contributed by atoms with Crippen LogP contribution in [-0.2, 0) is 9.59 Å². The van der Waals surface area contributed by atoms with Crippen LogP contribution < -0.4 is 0 Å². The Bertz CT molecular complexity index is 702. The Kier molecular flexibility index (Phi) is 29.4. The summed E-state index contributed by atoms with van der Waals surface area (Å²) in [6.45, 7) is 4.84. The van der Waals surface area contributed by atoms with Crippen LogP contribution in [0.3, 0.4) is 0 Å². The Balaban J connectivity index is 4.08. The molecule has 0 aliphatic carbocycles. The number of carbonyl (C=O) groups is 2. The van der Waals surface area contributed by atoms with E-state index in [2.05, 4.69) is 26.0 Å². The largest absolute Gasteiger partial charge is 0.373 e. The van der Waals surface area contributed by atoms with Gasteiger partial charge in [0.25, 0.3) is 0 Å². The maximum absolute atomic E-state index is 13.2. The summed E-state index contributed by atoms with van der Waals surface area (Å²) >= 11 is 0. The summed E-state index contributed by atoms with van der Waals surface area (Å²) in [7, 11) is 5.63. The van der Waals surface area contributed by atoms with Gasteiger partial charge in [0.1, 0.15) is 6.54 Å². The molecule has 0 heterocycles. The van der Waals surface area contributed by atoms with Gasteiger partial charge in [0.05, 0.1) is 21.1 Å². The third-order valence-corrected chi connectivity index (χ3v) is 10.1. The Labute approximate surface area is 277 Å². The minimum absolute atomic E-state index is 0.0669. The van der Waals surface area contributed by atoms with Crippen LogP contribution in [0.2, 0.25) is 0 Å². The van der Waals surface area contributed by atoms with Crippen molar-refractivity contribution >= 4 is 19.9 Å². The third-order valence-electron chi connectivity index (χ3n) is 8.68. The van der Waals surface area contributed by atoms with Crippen molar-refractivity contribution in [3.63, 3.8) is 0 Å². The first-order valence-electron chi connectivity index (χ1n) is 19.2. The number of rotatable bonds is 34. The molecule has 0 saturated heterocycles. The van der Waals surface area contributed by atoms with Crippen molar-refractivity contribution in [1.29, 1.82) is 0 Å². The zero-order valence-electron chi connectivity index (χ0n) is 30.4. The van der Waals surface area contributed by atoms with E-state index in [0.717, 1.165) is 44.9 Å². The van der Waals surface area contributed by atoms with Crippen molar-refractivity contribution < 1.29 is 19.2 Å². The molecule has 0 aromatic heterocycles. The lowest BCUT2D eigenvalue weighted by atomic mass is 10.0. The lowest BCUT2D eigenvalue weighted by Gasteiger charge is -2.34. The maximum atomic E-state index is 13.2. The summed E-state index contributed by atoms with van der Waals surface area (Å²) in [4.78, 5) is 26.0. The van der Waals surface area contributed by atoms with Gasteiger partial charge in [-0.2, -0.15) is 0 Å². The zero-order valence-corrected chi connectivity index (χ0v) is 31.4. The first kappa shape index (κ1) is 43.4. The Morgan fingerprint density at radius 2 is 0.886 bits per heavy atom. The fraction of sp³-hybridized carbons (Fsp3) is 0.897. The van der Waals surface area contributed by atoms with Gasteiger partial charge in [-0.1, -0.05) is 154 Å². The van der Waals surface area contributed by atoms with Gasteiger partial charge >= 0.3 is 0 Å². The first-order chi connectivity index (χ1) is 21.1. The van der Waals surface area contributed by atoms with Crippen molar-refractivity contribution in [2.45, 2.75) is 199 Å². The second-order valence-corrected chi connectivity index (χ2v) is 16.2. The number of Topliss-reactive ketones (excluding diaryl/α,β-unsaturated/α-hetero) is 1. The van der Waals surface area contributed by atoms with E-state index in [9.17, 15) is 14.7 Å². The van der Waals surface area contributed by atoms with Crippen molar-refractivity contribution in [3.8, 4) is 0 Å². The highest BCUT2D eigenvalue weighted by atomic mass is 31.1. The zero-order chi connectivity index (χ0) is 32.8. The maximum Gasteiger partial charge on any atom is 0.194 e. The van der Waals surface area contributed by atoms with Crippen molar-refractivity contribution in [3.05, 3.63) is 12.2 Å². The van der Waals surface area contributed by atoms with Gasteiger partial charge in [-0.3, -0.25) is 9.59 Å². The van der Waals surface area contributed by atoms with Crippen LogP contribution in [0.5, 0.6) is 0 Å². The average Bonchev–Trinajstić information content (AvgIpc) is 2.96. The number of hydrogen-bond acceptors (Lipinski definition) is 3. The molecule has 2 atom stereocenters. The van der Waals surface area contributed by atoms with E-state index in [1.54, 1.807) is 0 Å². The van der Waals surface area contributed by atoms with Gasteiger partial charge in [0.15, 0.2) is 16.6 Å². The van der Waals surface area contributed by atoms with E-state index >= 15 is 0 Å². The molecule has 4 nitrogen and oxygen atoms in total. The summed E-state index contributed by atoms with van der Waals surface area (Å²) in [6, 6.07) is 0. The van der Waals surface area contributed by atoms with Crippen LogP contribution in [-0.4, -0.2) is 53.9 Å². The highest BCUT2D eigenvalue weighted by molar-refractivity contribution is 7.60. The second kappa shape index (κ2) is 29.8. The average molecular weight is 639 g/mol. The number of carbonyl (C=O) groups excluding carboxylic acids is 2. The summed E-state index contributed by atoms with van der Waals surface area (Å²) < 4.78 is 0.481. The number of likely N-dealkylation sites (N-methyl/N-ethyl adjacent to an activating group) is 1. The van der Waals surface area contributed by atoms with Gasteiger partial charge in [-0.05, 0) is 47.1 Å². The molecule has 0 aliphatic rings. The molecule has 0 rings (SSSR count).